The molecule has 0 saturated carbocycles. The average molecular weight is 497 g/mol. The number of methoxy groups -OCH3 is 1. The number of hydrogen-bond acceptors (Lipinski definition) is 7. The van der Waals surface area contributed by atoms with Crippen molar-refractivity contribution in [2.45, 2.75) is 17.7 Å². The third-order valence-corrected chi connectivity index (χ3v) is 6.82. The van der Waals surface area contributed by atoms with Gasteiger partial charge in [0.1, 0.15) is 29.4 Å². The molecular formula is C21H18F3N3O6S. The van der Waals surface area contributed by atoms with Gasteiger partial charge in [-0.3, -0.25) is 9.10 Å². The number of benzene rings is 2. The van der Waals surface area contributed by atoms with E-state index in [9.17, 15) is 26.4 Å². The number of halogens is 3. The Hall–Kier alpha value is -3.58. The largest absolute Gasteiger partial charge is 0.490 e. The number of carbonyl (C=O) groups excluding carboxylic acids is 1. The number of hydrogen-bond donors (Lipinski definition) is 1. The number of alkyl halides is 3. The normalized spacial score (nSPS) is 15.2. The van der Waals surface area contributed by atoms with Crippen LogP contribution in [0.2, 0.25) is 0 Å². The fourth-order valence-electron chi connectivity index (χ4n) is 3.35. The molecule has 9 nitrogen and oxygen atoms in total. The summed E-state index contributed by atoms with van der Waals surface area (Å²) < 4.78 is 81.9. The summed E-state index contributed by atoms with van der Waals surface area (Å²) >= 11 is 0. The van der Waals surface area contributed by atoms with E-state index < -0.39 is 27.7 Å². The third kappa shape index (κ3) is 4.56. The highest BCUT2D eigenvalue weighted by Gasteiger charge is 2.34. The van der Waals surface area contributed by atoms with Crippen molar-refractivity contribution < 1.29 is 40.4 Å². The second-order valence-corrected chi connectivity index (χ2v) is 9.01. The lowest BCUT2D eigenvalue weighted by Gasteiger charge is -2.22. The maximum Gasteiger partial charge on any atom is 0.416 e. The Morgan fingerprint density at radius 3 is 2.62 bits per heavy atom. The lowest BCUT2D eigenvalue weighted by Crippen LogP contribution is -2.32. The van der Waals surface area contributed by atoms with E-state index in [1.807, 2.05) is 0 Å². The Bertz CT molecular complexity index is 1310. The zero-order chi connectivity index (χ0) is 24.5. The summed E-state index contributed by atoms with van der Waals surface area (Å²) in [6, 6.07) is 7.86. The first-order chi connectivity index (χ1) is 16.1. The minimum Gasteiger partial charge on any atom is -0.490 e. The van der Waals surface area contributed by atoms with Gasteiger partial charge in [0.05, 0.1) is 24.0 Å². The zero-order valence-electron chi connectivity index (χ0n) is 17.6. The van der Waals surface area contributed by atoms with Crippen LogP contribution >= 0.6 is 0 Å². The first kappa shape index (κ1) is 23.6. The van der Waals surface area contributed by atoms with Crippen LogP contribution in [-0.4, -0.2) is 39.7 Å². The highest BCUT2D eigenvalue weighted by Crippen LogP contribution is 2.36. The third-order valence-electron chi connectivity index (χ3n) is 4.97. The van der Waals surface area contributed by atoms with Crippen molar-refractivity contribution in [2.24, 2.45) is 0 Å². The van der Waals surface area contributed by atoms with Crippen molar-refractivity contribution in [1.29, 1.82) is 0 Å². The summed E-state index contributed by atoms with van der Waals surface area (Å²) in [6.07, 6.45) is -3.34. The van der Waals surface area contributed by atoms with Gasteiger partial charge < -0.3 is 19.3 Å². The second kappa shape index (κ2) is 8.99. The Kier molecular flexibility index (Phi) is 6.23. The summed E-state index contributed by atoms with van der Waals surface area (Å²) in [7, 11) is -2.80. The van der Waals surface area contributed by atoms with E-state index in [0.29, 0.717) is 0 Å². The number of anilines is 2. The predicted molar refractivity (Wildman–Crippen MR) is 113 cm³/mol. The lowest BCUT2D eigenvalue weighted by atomic mass is 10.2. The summed E-state index contributed by atoms with van der Waals surface area (Å²) in [5.74, 6) is -0.351. The number of fused-ring (bicyclic) bond motifs is 1. The standard InChI is InChI=1S/C21H18F3N3O6S/c1-31-12-18-16(11-25-33-18)20(28)26-14-4-7-17-19(10-14)34(29,30)27(8-9-32-17)15-5-2-13(3-6-15)21(22,23)24/h2-7,10-11H,8-9,12H2,1H3,(H,26,28). The first-order valence-corrected chi connectivity index (χ1v) is 11.3. The average Bonchev–Trinajstić information content (AvgIpc) is 3.20. The Labute approximate surface area is 192 Å². The van der Waals surface area contributed by atoms with Gasteiger partial charge in [-0.1, -0.05) is 5.16 Å². The van der Waals surface area contributed by atoms with Crippen molar-refractivity contribution in [3.63, 3.8) is 0 Å². The van der Waals surface area contributed by atoms with Gasteiger partial charge in [0.25, 0.3) is 15.9 Å². The van der Waals surface area contributed by atoms with Crippen molar-refractivity contribution in [3.05, 3.63) is 65.5 Å². The van der Waals surface area contributed by atoms with Gasteiger partial charge >= 0.3 is 6.18 Å². The van der Waals surface area contributed by atoms with Gasteiger partial charge in [-0.2, -0.15) is 13.2 Å². The van der Waals surface area contributed by atoms with Crippen LogP contribution in [0.5, 0.6) is 5.75 Å². The monoisotopic (exact) mass is 497 g/mol. The topological polar surface area (TPSA) is 111 Å². The van der Waals surface area contributed by atoms with Crippen LogP contribution in [-0.2, 0) is 27.5 Å². The summed E-state index contributed by atoms with van der Waals surface area (Å²) in [4.78, 5) is 12.4. The van der Waals surface area contributed by atoms with E-state index in [-0.39, 0.29) is 53.1 Å². The van der Waals surface area contributed by atoms with Crippen LogP contribution in [0.3, 0.4) is 0 Å². The molecule has 1 aliphatic heterocycles. The van der Waals surface area contributed by atoms with E-state index >= 15 is 0 Å². The minimum absolute atomic E-state index is 0.0112. The summed E-state index contributed by atoms with van der Waals surface area (Å²) in [5.41, 5.74) is -0.587. The number of amides is 1. The molecule has 1 amide bonds. The van der Waals surface area contributed by atoms with Gasteiger partial charge in [0.2, 0.25) is 0 Å². The van der Waals surface area contributed by atoms with Gasteiger partial charge in [-0.15, -0.1) is 0 Å². The van der Waals surface area contributed by atoms with E-state index in [1.165, 1.54) is 31.5 Å². The van der Waals surface area contributed by atoms with Crippen LogP contribution in [0.4, 0.5) is 24.5 Å². The molecule has 0 spiro atoms. The molecular weight excluding hydrogens is 479 g/mol. The lowest BCUT2D eigenvalue weighted by molar-refractivity contribution is -0.137. The molecule has 0 fully saturated rings. The van der Waals surface area contributed by atoms with Crippen molar-refractivity contribution >= 4 is 27.3 Å². The second-order valence-electron chi connectivity index (χ2n) is 7.18. The van der Waals surface area contributed by atoms with Gasteiger partial charge in [-0.05, 0) is 42.5 Å². The molecule has 0 aliphatic carbocycles. The molecule has 1 aromatic heterocycles. The fourth-order valence-corrected chi connectivity index (χ4v) is 4.96. The smallest absolute Gasteiger partial charge is 0.416 e. The van der Waals surface area contributed by atoms with Crippen LogP contribution < -0.4 is 14.4 Å². The van der Waals surface area contributed by atoms with E-state index in [4.69, 9.17) is 14.0 Å². The van der Waals surface area contributed by atoms with Gasteiger partial charge in [0, 0.05) is 12.8 Å². The number of aromatic nitrogens is 1. The molecule has 0 radical (unpaired) electrons. The molecule has 0 bridgehead atoms. The Morgan fingerprint density at radius 2 is 1.94 bits per heavy atom. The van der Waals surface area contributed by atoms with Crippen LogP contribution in [0, 0.1) is 0 Å². The fraction of sp³-hybridized carbons (Fsp3) is 0.238. The van der Waals surface area contributed by atoms with Crippen LogP contribution in [0.15, 0.2) is 58.1 Å². The minimum atomic E-state index is -4.55. The first-order valence-electron chi connectivity index (χ1n) is 9.82. The quantitative estimate of drug-likeness (QED) is 0.573. The predicted octanol–water partition coefficient (Wildman–Crippen LogP) is 3.68. The molecule has 3 aromatic rings. The number of rotatable bonds is 5. The van der Waals surface area contributed by atoms with E-state index in [0.717, 1.165) is 28.6 Å². The Morgan fingerprint density at radius 1 is 1.21 bits per heavy atom. The SMILES string of the molecule is COCc1oncc1C(=O)Nc1ccc2c(c1)S(=O)(=O)N(c1ccc(C(F)(F)F)cc1)CCO2. The molecule has 180 valence electrons. The number of ether oxygens (including phenoxy) is 2. The molecule has 1 N–H and O–H groups in total. The summed E-state index contributed by atoms with van der Waals surface area (Å²) in [6.45, 7) is -0.136. The zero-order valence-corrected chi connectivity index (χ0v) is 18.4. The molecule has 34 heavy (non-hydrogen) atoms. The number of sulfonamides is 1. The maximum absolute atomic E-state index is 13.4. The van der Waals surface area contributed by atoms with Crippen LogP contribution in [0.1, 0.15) is 21.7 Å². The molecule has 0 saturated heterocycles. The van der Waals surface area contributed by atoms with Crippen molar-refractivity contribution in [1.82, 2.24) is 5.16 Å². The van der Waals surface area contributed by atoms with Crippen molar-refractivity contribution in [3.8, 4) is 5.75 Å². The maximum atomic E-state index is 13.4. The molecule has 2 heterocycles. The van der Waals surface area contributed by atoms with Crippen LogP contribution in [0.25, 0.3) is 0 Å². The molecule has 13 heteroatoms. The highest BCUT2D eigenvalue weighted by atomic mass is 32.2. The molecule has 1 aliphatic rings. The van der Waals surface area contributed by atoms with E-state index in [1.54, 1.807) is 0 Å². The summed E-state index contributed by atoms with van der Waals surface area (Å²) in [5, 5.41) is 6.14. The Balaban J connectivity index is 1.64. The van der Waals surface area contributed by atoms with Gasteiger partial charge in [0.15, 0.2) is 5.76 Å². The van der Waals surface area contributed by atoms with E-state index in [2.05, 4.69) is 10.5 Å². The number of carbonyl (C=O) groups is 1. The molecule has 4 rings (SSSR count). The molecule has 2 aromatic carbocycles. The number of nitrogens with zero attached hydrogens (tertiary/aromatic N) is 2. The van der Waals surface area contributed by atoms with Crippen molar-refractivity contribution in [2.75, 3.05) is 29.9 Å². The van der Waals surface area contributed by atoms with Gasteiger partial charge in [-0.25, -0.2) is 8.42 Å². The molecule has 0 unspecified atom stereocenters. The highest BCUT2D eigenvalue weighted by molar-refractivity contribution is 7.93. The molecule has 0 atom stereocenters. The number of nitrogens with one attached hydrogen (secondary N) is 1.